The van der Waals surface area contributed by atoms with Gasteiger partial charge in [0.1, 0.15) is 6.20 Å². The summed E-state index contributed by atoms with van der Waals surface area (Å²) in [6, 6.07) is 0. The molecule has 0 aromatic carbocycles. The summed E-state index contributed by atoms with van der Waals surface area (Å²) in [5.74, 6) is -2.24. The summed E-state index contributed by atoms with van der Waals surface area (Å²) in [6.07, 6.45) is -4.57. The number of aromatic nitrogens is 2. The van der Waals surface area contributed by atoms with E-state index in [9.17, 15) is 28.1 Å². The summed E-state index contributed by atoms with van der Waals surface area (Å²) < 4.78 is 40.3. The number of halogens is 3. The van der Waals surface area contributed by atoms with Crippen molar-refractivity contribution in [2.45, 2.75) is 12.6 Å². The quantitative estimate of drug-likeness (QED) is 0.664. The van der Waals surface area contributed by atoms with E-state index in [4.69, 9.17) is 5.11 Å². The highest BCUT2D eigenvalue weighted by atomic mass is 19.4. The van der Waals surface area contributed by atoms with Gasteiger partial charge in [0.05, 0.1) is 4.92 Å². The van der Waals surface area contributed by atoms with Gasteiger partial charge in [0, 0.05) is 20.1 Å². The molecule has 2 rings (SSSR count). The zero-order valence-corrected chi connectivity index (χ0v) is 10.8. The number of anilines is 1. The van der Waals surface area contributed by atoms with Crippen LogP contribution in [0.15, 0.2) is 6.20 Å². The third kappa shape index (κ3) is 2.28. The zero-order valence-electron chi connectivity index (χ0n) is 10.8. The molecule has 0 amide bonds. The summed E-state index contributed by atoms with van der Waals surface area (Å²) in [4.78, 5) is 22.2. The Morgan fingerprint density at radius 2 is 2.19 bits per heavy atom. The van der Waals surface area contributed by atoms with E-state index >= 15 is 0 Å². The van der Waals surface area contributed by atoms with Gasteiger partial charge < -0.3 is 10.0 Å². The molecule has 1 atom stereocenters. The molecule has 0 aliphatic carbocycles. The Kier molecular flexibility index (Phi) is 3.30. The molecule has 1 aromatic rings. The molecule has 0 radical (unpaired) electrons. The number of alkyl halides is 3. The number of aliphatic carboxylic acids is 1. The van der Waals surface area contributed by atoms with Crippen LogP contribution in [-0.4, -0.2) is 45.0 Å². The molecular weight excluding hydrogens is 297 g/mol. The highest BCUT2D eigenvalue weighted by Gasteiger charge is 2.64. The van der Waals surface area contributed by atoms with Crippen LogP contribution in [0.25, 0.3) is 0 Å². The maximum Gasteiger partial charge on any atom is 0.406 e. The van der Waals surface area contributed by atoms with Crippen molar-refractivity contribution >= 4 is 17.5 Å². The van der Waals surface area contributed by atoms with Crippen LogP contribution in [0.2, 0.25) is 0 Å². The van der Waals surface area contributed by atoms with Gasteiger partial charge in [-0.25, -0.2) is 0 Å². The summed E-state index contributed by atoms with van der Waals surface area (Å²) in [6.45, 7) is -1.17. The minimum Gasteiger partial charge on any atom is -0.481 e. The normalized spacial score (nSPS) is 22.6. The van der Waals surface area contributed by atoms with Crippen LogP contribution in [-0.2, 0) is 11.8 Å². The van der Waals surface area contributed by atoms with Gasteiger partial charge in [0.25, 0.3) is 0 Å². The number of carbonyl (C=O) groups is 1. The lowest BCUT2D eigenvalue weighted by molar-refractivity contribution is -0.384. The molecule has 1 aliphatic heterocycles. The minimum absolute atomic E-state index is 0.255. The van der Waals surface area contributed by atoms with Gasteiger partial charge in [0.15, 0.2) is 5.41 Å². The molecule has 21 heavy (non-hydrogen) atoms. The van der Waals surface area contributed by atoms with Crippen molar-refractivity contribution in [3.8, 4) is 0 Å². The van der Waals surface area contributed by atoms with Crippen molar-refractivity contribution in [2.24, 2.45) is 12.5 Å². The van der Waals surface area contributed by atoms with E-state index < -0.39 is 41.1 Å². The highest BCUT2D eigenvalue weighted by Crippen LogP contribution is 2.47. The smallest absolute Gasteiger partial charge is 0.406 e. The average molecular weight is 308 g/mol. The van der Waals surface area contributed by atoms with Gasteiger partial charge >= 0.3 is 17.8 Å². The first-order valence-corrected chi connectivity index (χ1v) is 5.81. The van der Waals surface area contributed by atoms with Gasteiger partial charge in [0.2, 0.25) is 5.82 Å². The summed E-state index contributed by atoms with van der Waals surface area (Å²) in [5, 5.41) is 23.6. The average Bonchev–Trinajstić information content (AvgIpc) is 2.91. The monoisotopic (exact) mass is 308 g/mol. The molecule has 1 fully saturated rings. The van der Waals surface area contributed by atoms with Gasteiger partial charge in [-0.05, 0) is 6.42 Å². The zero-order chi connectivity index (χ0) is 16.0. The summed E-state index contributed by atoms with van der Waals surface area (Å²) in [7, 11) is 1.39. The van der Waals surface area contributed by atoms with E-state index in [1.807, 2.05) is 0 Å². The van der Waals surface area contributed by atoms with Crippen LogP contribution in [0.1, 0.15) is 6.42 Å². The molecule has 0 bridgehead atoms. The fourth-order valence-electron chi connectivity index (χ4n) is 2.34. The minimum atomic E-state index is -4.95. The Morgan fingerprint density at radius 3 is 2.62 bits per heavy atom. The van der Waals surface area contributed by atoms with Gasteiger partial charge in [-0.1, -0.05) is 0 Å². The number of hydrogen-bond donors (Lipinski definition) is 1. The molecule has 1 N–H and O–H groups in total. The standard InChI is InChI=1S/C10H11F3N4O4/c1-15-4-6(17(20)21)7(14-15)16-3-2-9(5-16,8(18)19)10(11,12)13/h4H,2-3,5H2,1H3,(H,18,19). The van der Waals surface area contributed by atoms with Crippen LogP contribution in [0.5, 0.6) is 0 Å². The maximum atomic E-state index is 13.1. The fraction of sp³-hybridized carbons (Fsp3) is 0.600. The number of hydrogen-bond acceptors (Lipinski definition) is 5. The van der Waals surface area contributed by atoms with Crippen LogP contribution >= 0.6 is 0 Å². The SMILES string of the molecule is Cn1cc([N+](=O)[O-])c(N2CCC(C(=O)O)(C(F)(F)F)C2)n1. The molecule has 1 aliphatic rings. The van der Waals surface area contributed by atoms with Crippen molar-refractivity contribution in [2.75, 3.05) is 18.0 Å². The molecule has 1 saturated heterocycles. The van der Waals surface area contributed by atoms with E-state index in [-0.39, 0.29) is 12.4 Å². The first-order valence-electron chi connectivity index (χ1n) is 5.81. The van der Waals surface area contributed by atoms with Gasteiger partial charge in [-0.2, -0.15) is 13.2 Å². The van der Waals surface area contributed by atoms with Gasteiger partial charge in [-0.15, -0.1) is 5.10 Å². The van der Waals surface area contributed by atoms with Crippen molar-refractivity contribution in [3.05, 3.63) is 16.3 Å². The molecule has 0 saturated carbocycles. The molecule has 11 heteroatoms. The predicted octanol–water partition coefficient (Wildman–Crippen LogP) is 1.17. The van der Waals surface area contributed by atoms with Crippen molar-refractivity contribution in [3.63, 3.8) is 0 Å². The summed E-state index contributed by atoms with van der Waals surface area (Å²) >= 11 is 0. The second kappa shape index (κ2) is 4.60. The predicted molar refractivity (Wildman–Crippen MR) is 62.8 cm³/mol. The first-order chi connectivity index (χ1) is 9.58. The largest absolute Gasteiger partial charge is 0.481 e. The topological polar surface area (TPSA) is 102 Å². The van der Waals surface area contributed by atoms with Crippen LogP contribution in [0.4, 0.5) is 24.7 Å². The Labute approximate surface area is 115 Å². The number of carboxylic acids is 1. The molecule has 116 valence electrons. The molecule has 8 nitrogen and oxygen atoms in total. The van der Waals surface area contributed by atoms with E-state index in [1.54, 1.807) is 0 Å². The number of carboxylic acid groups (broad SMARTS) is 1. The van der Waals surface area contributed by atoms with E-state index in [2.05, 4.69) is 5.10 Å². The molecule has 0 spiro atoms. The van der Waals surface area contributed by atoms with Crippen molar-refractivity contribution in [1.82, 2.24) is 9.78 Å². The van der Waals surface area contributed by atoms with Crippen LogP contribution in [0.3, 0.4) is 0 Å². The Balaban J connectivity index is 2.39. The third-order valence-electron chi connectivity index (χ3n) is 3.51. The fourth-order valence-corrected chi connectivity index (χ4v) is 2.34. The second-order valence-corrected chi connectivity index (χ2v) is 4.83. The van der Waals surface area contributed by atoms with E-state index in [1.165, 1.54) is 7.05 Å². The number of nitro groups is 1. The van der Waals surface area contributed by atoms with E-state index in [0.717, 1.165) is 15.8 Å². The lowest BCUT2D eigenvalue weighted by atomic mass is 9.86. The Morgan fingerprint density at radius 1 is 1.57 bits per heavy atom. The number of aryl methyl sites for hydroxylation is 1. The number of rotatable bonds is 3. The Bertz CT molecular complexity index is 600. The van der Waals surface area contributed by atoms with Crippen molar-refractivity contribution in [1.29, 1.82) is 0 Å². The highest BCUT2D eigenvalue weighted by molar-refractivity contribution is 5.78. The Hall–Kier alpha value is -2.33. The third-order valence-corrected chi connectivity index (χ3v) is 3.51. The molecule has 1 aromatic heterocycles. The lowest BCUT2D eigenvalue weighted by Gasteiger charge is -2.27. The van der Waals surface area contributed by atoms with Crippen LogP contribution in [0, 0.1) is 15.5 Å². The lowest BCUT2D eigenvalue weighted by Crippen LogP contribution is -2.47. The summed E-state index contributed by atoms with van der Waals surface area (Å²) in [5.41, 5.74) is -3.39. The van der Waals surface area contributed by atoms with Crippen LogP contribution < -0.4 is 4.90 Å². The first kappa shape index (κ1) is 15.1. The second-order valence-electron chi connectivity index (χ2n) is 4.83. The number of nitrogens with zero attached hydrogens (tertiary/aromatic N) is 4. The molecule has 2 heterocycles. The van der Waals surface area contributed by atoms with Crippen molar-refractivity contribution < 1.29 is 28.0 Å². The molecule has 1 unspecified atom stereocenters. The van der Waals surface area contributed by atoms with E-state index in [0.29, 0.717) is 0 Å². The maximum absolute atomic E-state index is 13.1. The van der Waals surface area contributed by atoms with Gasteiger partial charge in [-0.3, -0.25) is 19.6 Å². The molecular formula is C10H11F3N4O4.